The summed E-state index contributed by atoms with van der Waals surface area (Å²) in [6, 6.07) is 13.0. The van der Waals surface area contributed by atoms with Crippen molar-refractivity contribution in [2.75, 3.05) is 6.54 Å². The molecule has 0 saturated heterocycles. The molecule has 3 amide bonds. The van der Waals surface area contributed by atoms with Crippen molar-refractivity contribution >= 4 is 11.9 Å². The molecule has 1 unspecified atom stereocenters. The van der Waals surface area contributed by atoms with Gasteiger partial charge in [-0.15, -0.1) is 0 Å². The largest absolute Gasteiger partial charge is 0.354 e. The fraction of sp³-hybridized carbons (Fsp3) is 0.364. The van der Waals surface area contributed by atoms with E-state index in [0.29, 0.717) is 13.0 Å². The van der Waals surface area contributed by atoms with Crippen LogP contribution in [0.5, 0.6) is 0 Å². The molecule has 5 nitrogen and oxygen atoms in total. The highest BCUT2D eigenvalue weighted by atomic mass is 19.1. The Labute approximate surface area is 165 Å². The van der Waals surface area contributed by atoms with Gasteiger partial charge in [0, 0.05) is 13.1 Å². The first-order valence-electron chi connectivity index (χ1n) is 9.60. The highest BCUT2D eigenvalue weighted by Crippen LogP contribution is 2.07. The lowest BCUT2D eigenvalue weighted by molar-refractivity contribution is -0.123. The number of amides is 3. The maximum absolute atomic E-state index is 12.9. The summed E-state index contributed by atoms with van der Waals surface area (Å²) >= 11 is 0. The van der Waals surface area contributed by atoms with Crippen molar-refractivity contribution in [3.05, 3.63) is 71.0 Å². The fourth-order valence-electron chi connectivity index (χ4n) is 2.89. The minimum absolute atomic E-state index is 0.188. The molecular formula is C22H28FN3O2. The average molecular weight is 385 g/mol. The van der Waals surface area contributed by atoms with Gasteiger partial charge in [0.15, 0.2) is 0 Å². The van der Waals surface area contributed by atoms with Gasteiger partial charge < -0.3 is 16.0 Å². The minimum atomic E-state index is -0.588. The fourth-order valence-corrected chi connectivity index (χ4v) is 2.89. The van der Waals surface area contributed by atoms with Gasteiger partial charge in [-0.1, -0.05) is 49.7 Å². The standard InChI is InChI=1S/C22H28FN3O2/c1-3-6-20(21(27)24-14-13-18-8-5-4-7-16(18)2)26-22(28)25-15-17-9-11-19(23)12-10-17/h4-5,7-12,20H,3,6,13-15H2,1-2H3,(H,24,27)(H2,25,26,28). The van der Waals surface area contributed by atoms with E-state index in [0.717, 1.165) is 18.4 Å². The molecule has 0 spiro atoms. The molecule has 0 bridgehead atoms. The van der Waals surface area contributed by atoms with Gasteiger partial charge >= 0.3 is 6.03 Å². The molecule has 0 fully saturated rings. The Kier molecular flexibility index (Phi) is 8.46. The second-order valence-electron chi connectivity index (χ2n) is 6.76. The molecule has 0 aromatic heterocycles. The van der Waals surface area contributed by atoms with E-state index in [4.69, 9.17) is 0 Å². The van der Waals surface area contributed by atoms with Crippen LogP contribution in [0, 0.1) is 12.7 Å². The number of nitrogens with one attached hydrogen (secondary N) is 3. The Morgan fingerprint density at radius 2 is 1.75 bits per heavy atom. The van der Waals surface area contributed by atoms with Crippen LogP contribution in [0.2, 0.25) is 0 Å². The first-order chi connectivity index (χ1) is 13.5. The van der Waals surface area contributed by atoms with Crippen molar-refractivity contribution in [1.82, 2.24) is 16.0 Å². The van der Waals surface area contributed by atoms with E-state index in [9.17, 15) is 14.0 Å². The zero-order valence-electron chi connectivity index (χ0n) is 16.4. The summed E-state index contributed by atoms with van der Waals surface area (Å²) in [5.74, 6) is -0.508. The van der Waals surface area contributed by atoms with E-state index in [1.54, 1.807) is 12.1 Å². The highest BCUT2D eigenvalue weighted by molar-refractivity contribution is 5.86. The third-order valence-electron chi connectivity index (χ3n) is 4.52. The highest BCUT2D eigenvalue weighted by Gasteiger charge is 2.19. The summed E-state index contributed by atoms with van der Waals surface area (Å²) in [5, 5.41) is 8.33. The number of rotatable bonds is 9. The third kappa shape index (κ3) is 7.02. The summed E-state index contributed by atoms with van der Waals surface area (Å²) in [7, 11) is 0. The maximum atomic E-state index is 12.9. The molecule has 0 aliphatic heterocycles. The molecule has 6 heteroatoms. The number of hydrogen-bond acceptors (Lipinski definition) is 2. The lowest BCUT2D eigenvalue weighted by atomic mass is 10.1. The first kappa shape index (κ1) is 21.4. The Balaban J connectivity index is 1.79. The van der Waals surface area contributed by atoms with Crippen molar-refractivity contribution in [3.63, 3.8) is 0 Å². The Morgan fingerprint density at radius 1 is 1.04 bits per heavy atom. The molecule has 28 heavy (non-hydrogen) atoms. The Morgan fingerprint density at radius 3 is 2.43 bits per heavy atom. The van der Waals surface area contributed by atoms with Crippen molar-refractivity contribution < 1.29 is 14.0 Å². The van der Waals surface area contributed by atoms with Gasteiger partial charge in [0.05, 0.1) is 0 Å². The predicted molar refractivity (Wildman–Crippen MR) is 108 cm³/mol. The van der Waals surface area contributed by atoms with Crippen LogP contribution in [0.15, 0.2) is 48.5 Å². The van der Waals surface area contributed by atoms with Crippen molar-refractivity contribution in [2.24, 2.45) is 0 Å². The topological polar surface area (TPSA) is 70.2 Å². The number of carbonyl (C=O) groups excluding carboxylic acids is 2. The summed E-state index contributed by atoms with van der Waals surface area (Å²) in [6.45, 7) is 4.79. The van der Waals surface area contributed by atoms with Crippen LogP contribution in [0.25, 0.3) is 0 Å². The Hall–Kier alpha value is -2.89. The lowest BCUT2D eigenvalue weighted by Crippen LogP contribution is -2.50. The van der Waals surface area contributed by atoms with E-state index in [1.165, 1.54) is 23.3 Å². The molecule has 150 valence electrons. The van der Waals surface area contributed by atoms with E-state index >= 15 is 0 Å². The van der Waals surface area contributed by atoms with Crippen LogP contribution in [0.3, 0.4) is 0 Å². The maximum Gasteiger partial charge on any atom is 0.315 e. The smallest absolute Gasteiger partial charge is 0.315 e. The van der Waals surface area contributed by atoms with Crippen LogP contribution in [0.4, 0.5) is 9.18 Å². The predicted octanol–water partition coefficient (Wildman–Crippen LogP) is 3.46. The quantitative estimate of drug-likeness (QED) is 0.619. The van der Waals surface area contributed by atoms with Crippen molar-refractivity contribution in [1.29, 1.82) is 0 Å². The third-order valence-corrected chi connectivity index (χ3v) is 4.52. The van der Waals surface area contributed by atoms with Gasteiger partial charge in [-0.2, -0.15) is 0 Å². The van der Waals surface area contributed by atoms with Crippen LogP contribution in [-0.2, 0) is 17.8 Å². The average Bonchev–Trinajstić information content (AvgIpc) is 2.68. The summed E-state index contributed by atoms with van der Waals surface area (Å²) in [5.41, 5.74) is 3.17. The monoisotopic (exact) mass is 385 g/mol. The second kappa shape index (κ2) is 11.1. The number of benzene rings is 2. The van der Waals surface area contributed by atoms with Gasteiger partial charge in [-0.25, -0.2) is 9.18 Å². The van der Waals surface area contributed by atoms with Gasteiger partial charge in [0.2, 0.25) is 5.91 Å². The van der Waals surface area contributed by atoms with Crippen LogP contribution >= 0.6 is 0 Å². The zero-order valence-corrected chi connectivity index (χ0v) is 16.4. The first-order valence-corrected chi connectivity index (χ1v) is 9.60. The zero-order chi connectivity index (χ0) is 20.4. The SMILES string of the molecule is CCCC(NC(=O)NCc1ccc(F)cc1)C(=O)NCCc1ccccc1C. The normalized spacial score (nSPS) is 11.5. The van der Waals surface area contributed by atoms with Crippen molar-refractivity contribution in [3.8, 4) is 0 Å². The summed E-state index contributed by atoms with van der Waals surface area (Å²) in [4.78, 5) is 24.6. The molecule has 2 rings (SSSR count). The van der Waals surface area contributed by atoms with Crippen LogP contribution in [-0.4, -0.2) is 24.5 Å². The number of urea groups is 1. The number of aryl methyl sites for hydroxylation is 1. The van der Waals surface area contributed by atoms with Gasteiger partial charge in [-0.3, -0.25) is 4.79 Å². The summed E-state index contributed by atoms with van der Waals surface area (Å²) < 4.78 is 12.9. The molecule has 3 N–H and O–H groups in total. The lowest BCUT2D eigenvalue weighted by Gasteiger charge is -2.18. The molecule has 2 aromatic rings. The molecule has 2 aromatic carbocycles. The van der Waals surface area contributed by atoms with E-state index in [1.807, 2.05) is 38.1 Å². The van der Waals surface area contributed by atoms with Crippen LogP contribution in [0.1, 0.15) is 36.5 Å². The van der Waals surface area contributed by atoms with Gasteiger partial charge in [0.25, 0.3) is 0 Å². The Bertz CT molecular complexity index is 778. The van der Waals surface area contributed by atoms with Gasteiger partial charge in [0.1, 0.15) is 11.9 Å². The number of halogens is 1. The number of carbonyl (C=O) groups is 2. The van der Waals surface area contributed by atoms with Crippen molar-refractivity contribution in [2.45, 2.75) is 45.7 Å². The second-order valence-corrected chi connectivity index (χ2v) is 6.76. The van der Waals surface area contributed by atoms with Crippen LogP contribution < -0.4 is 16.0 Å². The molecule has 0 saturated carbocycles. The molecule has 1 atom stereocenters. The molecular weight excluding hydrogens is 357 g/mol. The molecule has 0 radical (unpaired) electrons. The van der Waals surface area contributed by atoms with E-state index in [2.05, 4.69) is 16.0 Å². The minimum Gasteiger partial charge on any atom is -0.354 e. The van der Waals surface area contributed by atoms with E-state index < -0.39 is 12.1 Å². The molecule has 0 aliphatic rings. The molecule has 0 aliphatic carbocycles. The van der Waals surface area contributed by atoms with Gasteiger partial charge in [-0.05, 0) is 48.6 Å². The summed E-state index contributed by atoms with van der Waals surface area (Å²) in [6.07, 6.45) is 2.07. The molecule has 0 heterocycles. The number of hydrogen-bond donors (Lipinski definition) is 3. The van der Waals surface area contributed by atoms with E-state index in [-0.39, 0.29) is 18.3 Å².